The number of aromatic nitrogens is 12. The molecule has 0 N–H and O–H groups in total. The van der Waals surface area contributed by atoms with E-state index in [-0.39, 0.29) is 0 Å². The molecule has 0 radical (unpaired) electrons. The van der Waals surface area contributed by atoms with Crippen LogP contribution in [0.3, 0.4) is 0 Å². The average Bonchev–Trinajstić information content (AvgIpc) is 1.53. The summed E-state index contributed by atoms with van der Waals surface area (Å²) < 4.78 is 14.6. The van der Waals surface area contributed by atoms with Gasteiger partial charge in [0.15, 0.2) is 17.5 Å². The summed E-state index contributed by atoms with van der Waals surface area (Å²) in [6.07, 6.45) is 0. The molecule has 150 heavy (non-hydrogen) atoms. The molecular formula is C138H78N12. The predicted molar refractivity (Wildman–Crippen MR) is 627 cm³/mol. The maximum absolute atomic E-state index is 5.54. The minimum Gasteiger partial charge on any atom is -0.308 e. The lowest BCUT2D eigenvalue weighted by atomic mass is 9.97. The number of hydrogen-bond donors (Lipinski definition) is 0. The van der Waals surface area contributed by atoms with Gasteiger partial charge in [-0.25, -0.2) is 29.9 Å². The minimum atomic E-state index is 0.828. The number of fused-ring (bicyclic) bond motifs is 30. The van der Waals surface area contributed by atoms with Crippen molar-refractivity contribution in [3.8, 4) is 51.2 Å². The molecule has 0 atom stereocenters. The van der Waals surface area contributed by atoms with Crippen molar-refractivity contribution in [3.05, 3.63) is 473 Å². The highest BCUT2D eigenvalue weighted by atomic mass is 15.1. The Bertz CT molecular complexity index is 12200. The smallest absolute Gasteiger partial charge is 0.165 e. The number of benzene rings is 24. The van der Waals surface area contributed by atoms with Gasteiger partial charge in [0.2, 0.25) is 0 Å². The number of para-hydroxylation sites is 4. The molecule has 0 saturated carbocycles. The van der Waals surface area contributed by atoms with E-state index in [0.717, 1.165) is 150 Å². The maximum Gasteiger partial charge on any atom is 0.165 e. The van der Waals surface area contributed by atoms with Crippen molar-refractivity contribution < 1.29 is 0 Å². The lowest BCUT2D eigenvalue weighted by molar-refractivity contribution is 1.08. The molecule has 0 saturated heterocycles. The lowest BCUT2D eigenvalue weighted by Crippen LogP contribution is -2.04. The Balaban J connectivity index is 0.0000000957. The fourth-order valence-corrected chi connectivity index (χ4v) is 26.3. The minimum absolute atomic E-state index is 0.828. The van der Waals surface area contributed by atoms with Gasteiger partial charge in [-0.05, 0) is 162 Å². The van der Waals surface area contributed by atoms with E-state index in [1.54, 1.807) is 0 Å². The number of rotatable bonds is 6. The van der Waals surface area contributed by atoms with E-state index in [1.807, 2.05) is 0 Å². The van der Waals surface area contributed by atoms with Gasteiger partial charge in [0, 0.05) is 119 Å². The Morgan fingerprint density at radius 3 is 0.867 bits per heavy atom. The van der Waals surface area contributed by atoms with Crippen LogP contribution in [0.25, 0.3) is 329 Å². The van der Waals surface area contributed by atoms with Crippen LogP contribution < -0.4 is 0 Å². The van der Waals surface area contributed by atoms with Crippen molar-refractivity contribution in [2.24, 2.45) is 0 Å². The first-order valence-electron chi connectivity index (χ1n) is 51.3. The SMILES string of the molecule is c1ccc(-c2nc3c(ccc4ccccc43)nc2-n2c3cc4ccccc4c4c5cccc6c7ccccc7n(c7cccc2c7c43)c65)cc1.c1ccc(-c2nc3c(ccc4ccccc43)nc2-n2c3cccc4c3c3c2cccc3n2c3ccccc3c3cc5ccccc5c4c32)cc1.c1ccc(-c2nc3c(ccc4ccccc43)nc2-n2c3cccc4c5cc6ccccc6c6c7ccccc7n(c7cccc2c7c43)c56)cc1. The van der Waals surface area contributed by atoms with E-state index in [0.29, 0.717) is 0 Å². The maximum atomic E-state index is 5.54. The van der Waals surface area contributed by atoms with Crippen LogP contribution in [-0.2, 0) is 0 Å². The highest BCUT2D eigenvalue weighted by molar-refractivity contribution is 6.40. The molecule has 0 unspecified atom stereocenters. The molecule has 0 amide bonds. The molecule has 24 aromatic carbocycles. The molecule has 36 rings (SSSR count). The first-order valence-corrected chi connectivity index (χ1v) is 51.3. The van der Waals surface area contributed by atoms with E-state index in [2.05, 4.69) is 500 Å². The largest absolute Gasteiger partial charge is 0.308 e. The topological polar surface area (TPSA) is 105 Å². The van der Waals surface area contributed by atoms with Crippen LogP contribution in [0, 0.1) is 0 Å². The molecule has 12 heterocycles. The zero-order valence-corrected chi connectivity index (χ0v) is 80.4. The van der Waals surface area contributed by atoms with E-state index < -0.39 is 0 Å². The van der Waals surface area contributed by atoms with Crippen molar-refractivity contribution in [2.45, 2.75) is 0 Å². The van der Waals surface area contributed by atoms with Gasteiger partial charge in [-0.2, -0.15) is 0 Å². The number of hydrogen-bond acceptors (Lipinski definition) is 6. The standard InChI is InChI=1S/3C46H26N4/c1-2-13-28(14-3-1)43-46(47-35-25-24-27-12-4-7-17-31(27)44(35)48-43)50-38-23-11-22-37-41(38)42-39(50)26-29-15-5-6-16-30(29)40(42)34-20-10-19-33-32-18-8-9-21-36(32)49(37)45(33)34;1-2-13-28(14-3-1)43-46(47-35-25-24-27-12-4-7-17-31(27)44(35)48-43)50-37-21-10-19-32-34-26-29-15-5-6-16-30(29)40-33-18-8-9-20-36(33)49(45(34)40)38-22-11-23-39(50)42(38)41(32)37;1-2-13-28(14-3-1)43-46(47-35-25-24-27-12-4-7-17-31(27)44(35)48-43)50-37-21-10-19-33-40-30-16-6-5-15-29(30)26-34-32-18-8-9-20-36(32)49(45(34)40)38-22-11-23-39(50)42(38)41(33)37/h3*1-26H. The summed E-state index contributed by atoms with van der Waals surface area (Å²) in [4.78, 5) is 33.0. The second kappa shape index (κ2) is 30.6. The van der Waals surface area contributed by atoms with Gasteiger partial charge in [0.25, 0.3) is 0 Å². The highest BCUT2D eigenvalue weighted by Crippen LogP contribution is 2.54. The van der Waals surface area contributed by atoms with Crippen molar-refractivity contribution in [3.63, 3.8) is 0 Å². The summed E-state index contributed by atoms with van der Waals surface area (Å²) in [5.41, 5.74) is 28.7. The highest BCUT2D eigenvalue weighted by Gasteiger charge is 2.33. The number of nitrogens with zero attached hydrogens (tertiary/aromatic N) is 12. The lowest BCUT2D eigenvalue weighted by Gasteiger charge is -2.15. The molecule has 0 aliphatic rings. The Morgan fingerprint density at radius 2 is 0.413 bits per heavy atom. The Hall–Kier alpha value is -20.3. The van der Waals surface area contributed by atoms with Crippen LogP contribution >= 0.6 is 0 Å². The summed E-state index contributed by atoms with van der Waals surface area (Å²) in [6.45, 7) is 0. The van der Waals surface area contributed by atoms with E-state index >= 15 is 0 Å². The first kappa shape index (κ1) is 81.1. The van der Waals surface area contributed by atoms with Gasteiger partial charge < -0.3 is 13.2 Å². The van der Waals surface area contributed by atoms with Crippen LogP contribution in [0.5, 0.6) is 0 Å². The summed E-state index contributed by atoms with van der Waals surface area (Å²) >= 11 is 0. The van der Waals surface area contributed by atoms with Crippen LogP contribution in [0.4, 0.5) is 0 Å². The van der Waals surface area contributed by atoms with Crippen LogP contribution in [0.2, 0.25) is 0 Å². The monoisotopic (exact) mass is 1900 g/mol. The molecule has 36 aromatic rings. The predicted octanol–water partition coefficient (Wildman–Crippen LogP) is 35.6. The van der Waals surface area contributed by atoms with E-state index in [1.165, 1.54) is 179 Å². The molecule has 0 spiro atoms. The molecule has 12 nitrogen and oxygen atoms in total. The quantitative estimate of drug-likeness (QED) is 0.154. The van der Waals surface area contributed by atoms with E-state index in [4.69, 9.17) is 29.9 Å². The van der Waals surface area contributed by atoms with Crippen LogP contribution in [0.1, 0.15) is 0 Å². The second-order valence-corrected chi connectivity index (χ2v) is 40.0. The fourth-order valence-electron chi connectivity index (χ4n) is 26.3. The molecule has 0 fully saturated rings. The molecule has 690 valence electrons. The average molecular weight is 1900 g/mol. The van der Waals surface area contributed by atoms with Gasteiger partial charge in [-0.15, -0.1) is 0 Å². The normalized spacial score (nSPS) is 12.4. The van der Waals surface area contributed by atoms with Crippen molar-refractivity contribution >= 4 is 277 Å². The Morgan fingerprint density at radius 1 is 0.133 bits per heavy atom. The molecule has 12 heteroatoms. The third kappa shape index (κ3) is 11.1. The summed E-state index contributed by atoms with van der Waals surface area (Å²) in [5.74, 6) is 2.48. The van der Waals surface area contributed by atoms with Crippen molar-refractivity contribution in [1.82, 2.24) is 56.8 Å². The van der Waals surface area contributed by atoms with Crippen LogP contribution in [-0.4, -0.2) is 56.8 Å². The van der Waals surface area contributed by atoms with Gasteiger partial charge >= 0.3 is 0 Å². The third-order valence-electron chi connectivity index (χ3n) is 32.4. The third-order valence-corrected chi connectivity index (χ3v) is 32.4. The molecule has 0 aliphatic heterocycles. The zero-order valence-electron chi connectivity index (χ0n) is 80.4. The van der Waals surface area contributed by atoms with Gasteiger partial charge in [-0.3, -0.25) is 13.7 Å². The first-order chi connectivity index (χ1) is 74.5. The van der Waals surface area contributed by atoms with Crippen molar-refractivity contribution in [2.75, 3.05) is 0 Å². The Kier molecular flexibility index (Phi) is 16.6. The molecular weight excluding hydrogens is 1830 g/mol. The van der Waals surface area contributed by atoms with Crippen LogP contribution in [0.15, 0.2) is 473 Å². The van der Waals surface area contributed by atoms with E-state index in [9.17, 15) is 0 Å². The molecule has 0 aliphatic carbocycles. The fraction of sp³-hybridized carbons (Fsp3) is 0. The zero-order chi connectivity index (χ0) is 97.5. The molecule has 0 bridgehead atoms. The van der Waals surface area contributed by atoms with Gasteiger partial charge in [-0.1, -0.05) is 370 Å². The molecule has 12 aromatic heterocycles. The summed E-state index contributed by atoms with van der Waals surface area (Å²) in [5, 5.41) is 36.8. The van der Waals surface area contributed by atoms with Gasteiger partial charge in [0.1, 0.15) is 17.1 Å². The Labute approximate surface area is 852 Å². The summed E-state index contributed by atoms with van der Waals surface area (Å²) in [6, 6.07) is 170. The second-order valence-electron chi connectivity index (χ2n) is 40.0. The summed E-state index contributed by atoms with van der Waals surface area (Å²) in [7, 11) is 0. The van der Waals surface area contributed by atoms with Gasteiger partial charge in [0.05, 0.1) is 116 Å². The van der Waals surface area contributed by atoms with Crippen molar-refractivity contribution in [1.29, 1.82) is 0 Å².